The number of nitrogens with zero attached hydrogens (tertiary/aromatic N) is 3. The Morgan fingerprint density at radius 2 is 2.17 bits per heavy atom. The summed E-state index contributed by atoms with van der Waals surface area (Å²) < 4.78 is 46.7. The number of benzene rings is 1. The number of amides is 1. The standard InChI is InChI=1S/C20H19F3N4O3/c1-9-11(8-27(3)26-9)16-17(15-7-14(28)18(16)30-15)19(29)25-13-6-10(20(21,22)23)4-5-12(13)24-2/h4-6,8,14-18,28H,7H2,1,3H3,(H,25,29)/t14-,15+,16+,17-,18-/m0/s1. The van der Waals surface area contributed by atoms with E-state index in [4.69, 9.17) is 11.3 Å². The zero-order chi connectivity index (χ0) is 21.8. The fraction of sp³-hybridized carbons (Fsp3) is 0.450. The lowest BCUT2D eigenvalue weighted by Crippen LogP contribution is -2.41. The average molecular weight is 420 g/mol. The summed E-state index contributed by atoms with van der Waals surface area (Å²) in [6.45, 7) is 8.99. The van der Waals surface area contributed by atoms with Crippen molar-refractivity contribution in [2.24, 2.45) is 13.0 Å². The smallest absolute Gasteiger partial charge is 0.390 e. The van der Waals surface area contributed by atoms with Gasteiger partial charge in [-0.1, -0.05) is 12.1 Å². The van der Waals surface area contributed by atoms with Gasteiger partial charge in [-0.25, -0.2) is 4.85 Å². The minimum absolute atomic E-state index is 0.0884. The number of anilines is 1. The molecule has 2 fully saturated rings. The van der Waals surface area contributed by atoms with Crippen molar-refractivity contribution in [3.8, 4) is 0 Å². The van der Waals surface area contributed by atoms with Crippen molar-refractivity contribution in [3.63, 3.8) is 0 Å². The van der Waals surface area contributed by atoms with E-state index >= 15 is 0 Å². The molecule has 2 bridgehead atoms. The molecule has 0 unspecified atom stereocenters. The van der Waals surface area contributed by atoms with Crippen molar-refractivity contribution in [3.05, 3.63) is 52.6 Å². The van der Waals surface area contributed by atoms with Crippen LogP contribution in [0.3, 0.4) is 0 Å². The van der Waals surface area contributed by atoms with Crippen molar-refractivity contribution >= 4 is 17.3 Å². The van der Waals surface area contributed by atoms with Crippen molar-refractivity contribution in [2.45, 2.75) is 43.8 Å². The Morgan fingerprint density at radius 3 is 2.77 bits per heavy atom. The fourth-order valence-electron chi connectivity index (χ4n) is 4.48. The first kappa shape index (κ1) is 20.4. The van der Waals surface area contributed by atoms with E-state index in [1.54, 1.807) is 24.9 Å². The van der Waals surface area contributed by atoms with Gasteiger partial charge in [-0.05, 0) is 18.6 Å². The van der Waals surface area contributed by atoms with Gasteiger partial charge < -0.3 is 15.2 Å². The van der Waals surface area contributed by atoms with E-state index in [1.165, 1.54) is 0 Å². The van der Waals surface area contributed by atoms with Gasteiger partial charge in [-0.15, -0.1) is 0 Å². The van der Waals surface area contributed by atoms with Crippen LogP contribution in [0.25, 0.3) is 4.85 Å². The molecule has 5 atom stereocenters. The van der Waals surface area contributed by atoms with Gasteiger partial charge in [0, 0.05) is 31.3 Å². The molecule has 7 nitrogen and oxygen atoms in total. The molecule has 2 aliphatic rings. The summed E-state index contributed by atoms with van der Waals surface area (Å²) in [7, 11) is 1.74. The number of aliphatic hydroxyl groups excluding tert-OH is 1. The van der Waals surface area contributed by atoms with Crippen LogP contribution in [-0.4, -0.2) is 39.1 Å². The molecule has 3 heterocycles. The largest absolute Gasteiger partial charge is 0.416 e. The Kier molecular flexibility index (Phi) is 4.83. The number of nitrogens with one attached hydrogen (secondary N) is 1. The number of ether oxygens (including phenoxy) is 1. The molecule has 2 N–H and O–H groups in total. The molecule has 10 heteroatoms. The second-order valence-corrected chi connectivity index (χ2v) is 7.67. The zero-order valence-electron chi connectivity index (χ0n) is 16.1. The molecule has 4 rings (SSSR count). The molecule has 1 aromatic carbocycles. The molecular weight excluding hydrogens is 401 g/mol. The summed E-state index contributed by atoms with van der Waals surface area (Å²) in [5.74, 6) is -1.77. The van der Waals surface area contributed by atoms with Crippen LogP contribution in [-0.2, 0) is 22.8 Å². The lowest BCUT2D eigenvalue weighted by atomic mass is 9.74. The molecule has 2 aliphatic heterocycles. The number of hydrogen-bond donors (Lipinski definition) is 2. The van der Waals surface area contributed by atoms with Gasteiger partial charge in [-0.3, -0.25) is 9.48 Å². The monoisotopic (exact) mass is 420 g/mol. The Morgan fingerprint density at radius 1 is 1.43 bits per heavy atom. The Bertz CT molecular complexity index is 1040. The van der Waals surface area contributed by atoms with E-state index in [0.29, 0.717) is 5.69 Å². The van der Waals surface area contributed by atoms with E-state index in [0.717, 1.165) is 23.8 Å². The van der Waals surface area contributed by atoms with Crippen molar-refractivity contribution in [1.82, 2.24) is 9.78 Å². The first-order valence-electron chi connectivity index (χ1n) is 9.33. The molecule has 158 valence electrons. The van der Waals surface area contributed by atoms with Crippen molar-refractivity contribution < 1.29 is 27.8 Å². The summed E-state index contributed by atoms with van der Waals surface area (Å²) >= 11 is 0. The molecule has 1 aromatic heterocycles. The molecule has 30 heavy (non-hydrogen) atoms. The SMILES string of the molecule is [C-]#[N+]c1ccc(C(F)(F)F)cc1NC(=O)[C@@H]1[C@@H](c2cn(C)nc2C)[C@H]2O[C@@H]1C[C@@H]2O. The van der Waals surface area contributed by atoms with Gasteiger partial charge in [-0.2, -0.15) is 18.3 Å². The molecule has 1 amide bonds. The molecular formula is C20H19F3N4O3. The van der Waals surface area contributed by atoms with Crippen LogP contribution >= 0.6 is 0 Å². The summed E-state index contributed by atoms with van der Waals surface area (Å²) in [6.07, 6.45) is -4.50. The Balaban J connectivity index is 1.68. The number of carbonyl (C=O) groups excluding carboxylic acids is 1. The highest BCUT2D eigenvalue weighted by atomic mass is 19.4. The highest BCUT2D eigenvalue weighted by molar-refractivity contribution is 5.97. The van der Waals surface area contributed by atoms with E-state index in [2.05, 4.69) is 15.3 Å². The highest BCUT2D eigenvalue weighted by Crippen LogP contribution is 2.50. The summed E-state index contributed by atoms with van der Waals surface area (Å²) in [6, 6.07) is 2.61. The predicted octanol–water partition coefficient (Wildman–Crippen LogP) is 3.17. The van der Waals surface area contributed by atoms with Gasteiger partial charge in [0.1, 0.15) is 0 Å². The molecule has 0 radical (unpaired) electrons. The lowest BCUT2D eigenvalue weighted by Gasteiger charge is -2.29. The van der Waals surface area contributed by atoms with Crippen LogP contribution in [0.15, 0.2) is 24.4 Å². The number of aromatic nitrogens is 2. The van der Waals surface area contributed by atoms with Crippen LogP contribution in [0.5, 0.6) is 0 Å². The molecule has 0 spiro atoms. The summed E-state index contributed by atoms with van der Waals surface area (Å²) in [4.78, 5) is 16.4. The molecule has 0 saturated carbocycles. The van der Waals surface area contributed by atoms with E-state index in [9.17, 15) is 23.1 Å². The minimum atomic E-state index is -4.60. The second kappa shape index (κ2) is 7.11. The number of rotatable bonds is 3. The quantitative estimate of drug-likeness (QED) is 0.748. The molecule has 0 aliphatic carbocycles. The number of aliphatic hydroxyl groups is 1. The third-order valence-corrected chi connectivity index (χ3v) is 5.74. The Hall–Kier alpha value is -2.90. The van der Waals surface area contributed by atoms with Gasteiger partial charge in [0.15, 0.2) is 0 Å². The van der Waals surface area contributed by atoms with Gasteiger partial charge in [0.05, 0.1) is 42.1 Å². The first-order chi connectivity index (χ1) is 14.1. The first-order valence-corrected chi connectivity index (χ1v) is 9.33. The van der Waals surface area contributed by atoms with Gasteiger partial charge in [0.2, 0.25) is 11.6 Å². The van der Waals surface area contributed by atoms with Crippen LogP contribution in [0, 0.1) is 19.4 Å². The van der Waals surface area contributed by atoms with E-state index < -0.39 is 47.8 Å². The zero-order valence-corrected chi connectivity index (χ0v) is 16.1. The maximum absolute atomic E-state index is 13.2. The number of halogens is 3. The van der Waals surface area contributed by atoms with E-state index in [1.807, 2.05) is 0 Å². The van der Waals surface area contributed by atoms with Crippen molar-refractivity contribution in [2.75, 3.05) is 5.32 Å². The lowest BCUT2D eigenvalue weighted by molar-refractivity contribution is -0.137. The van der Waals surface area contributed by atoms with Gasteiger partial charge in [0.25, 0.3) is 0 Å². The summed E-state index contributed by atoms with van der Waals surface area (Å²) in [5, 5.41) is 17.1. The minimum Gasteiger partial charge on any atom is -0.390 e. The number of hydrogen-bond acceptors (Lipinski definition) is 4. The summed E-state index contributed by atoms with van der Waals surface area (Å²) in [5.41, 5.74) is 0.191. The third-order valence-electron chi connectivity index (χ3n) is 5.74. The predicted molar refractivity (Wildman–Crippen MR) is 99.8 cm³/mol. The second-order valence-electron chi connectivity index (χ2n) is 7.67. The normalized spacial score (nSPS) is 27.8. The number of carbonyl (C=O) groups is 1. The topological polar surface area (TPSA) is 80.7 Å². The van der Waals surface area contributed by atoms with Crippen LogP contribution in [0.1, 0.15) is 29.2 Å². The van der Waals surface area contributed by atoms with Crippen molar-refractivity contribution in [1.29, 1.82) is 0 Å². The molecule has 2 aromatic rings. The average Bonchev–Trinajstić information content (AvgIpc) is 3.31. The van der Waals surface area contributed by atoms with Crippen LogP contribution in [0.2, 0.25) is 0 Å². The van der Waals surface area contributed by atoms with E-state index in [-0.39, 0.29) is 17.8 Å². The maximum atomic E-state index is 13.2. The number of alkyl halides is 3. The van der Waals surface area contributed by atoms with Gasteiger partial charge >= 0.3 is 6.18 Å². The third kappa shape index (κ3) is 3.34. The highest BCUT2D eigenvalue weighted by Gasteiger charge is 2.57. The number of aryl methyl sites for hydroxylation is 2. The van der Waals surface area contributed by atoms with Crippen LogP contribution in [0.4, 0.5) is 24.5 Å². The Labute approximate surface area is 170 Å². The fourth-order valence-corrected chi connectivity index (χ4v) is 4.48. The van der Waals surface area contributed by atoms with Crippen LogP contribution < -0.4 is 5.32 Å². The maximum Gasteiger partial charge on any atom is 0.416 e. The number of fused-ring (bicyclic) bond motifs is 2. The molecule has 2 saturated heterocycles.